The molecule has 23 nitrogen and oxygen atoms in total. The predicted octanol–water partition coefficient (Wildman–Crippen LogP) is 9.76. The van der Waals surface area contributed by atoms with Gasteiger partial charge < -0.3 is 42.6 Å². The van der Waals surface area contributed by atoms with Gasteiger partial charge in [-0.05, 0) is 121 Å². The monoisotopic (exact) mass is 1090 g/mol. The Balaban J connectivity index is 1.76. The van der Waals surface area contributed by atoms with Crippen LogP contribution in [0.1, 0.15) is 77.1 Å². The van der Waals surface area contributed by atoms with Gasteiger partial charge in [-0.15, -0.1) is 0 Å². The number of carbonyl (C=O) groups excluding carboxylic acids is 9. The highest BCUT2D eigenvalue weighted by molar-refractivity contribution is 5.92. The lowest BCUT2D eigenvalue weighted by molar-refractivity contribution is -0.149. The standard InChI is InChI=1S/C55H69N5O18/c1-14-55(28-73-46(61)22-40-18-15-34(8)43(21-40)58-52(67)76-37(11)25-70-47(62)31(2)3,29-74-50(65)56-41-19-16-35(9)44(23-41)59-53(68)77-38(12)26-71-48(63)32(4)5)30-75-51(66)57-42-20-17-36(10)45(24-42)60-54(69)78-39(13)27-72-49(64)33(6)7/h15-21,23-24,37-39H,2,4,6,14,22,25-30H2,1,3,5,7-13H3,(H,56,65)(H,57,66)(H,58,67)(H,59,68)(H,60,69). The first-order chi connectivity index (χ1) is 36.7. The summed E-state index contributed by atoms with van der Waals surface area (Å²) in [5.74, 6) is -2.64. The molecule has 5 N–H and O–H groups in total. The van der Waals surface area contributed by atoms with Crippen LogP contribution >= 0.6 is 0 Å². The second kappa shape index (κ2) is 30.6. The van der Waals surface area contributed by atoms with E-state index in [1.54, 1.807) is 70.2 Å². The van der Waals surface area contributed by atoms with Crippen LogP contribution in [-0.4, -0.2) is 112 Å². The average Bonchev–Trinajstić information content (AvgIpc) is 3.36. The number of anilines is 5. The summed E-state index contributed by atoms with van der Waals surface area (Å²) in [6, 6.07) is 14.1. The second-order valence-electron chi connectivity index (χ2n) is 18.5. The van der Waals surface area contributed by atoms with Crippen LogP contribution in [0.25, 0.3) is 0 Å². The third-order valence-corrected chi connectivity index (χ3v) is 11.0. The van der Waals surface area contributed by atoms with E-state index in [2.05, 4.69) is 46.3 Å². The van der Waals surface area contributed by atoms with E-state index in [1.165, 1.54) is 53.7 Å². The first-order valence-electron chi connectivity index (χ1n) is 24.4. The van der Waals surface area contributed by atoms with Gasteiger partial charge >= 0.3 is 54.3 Å². The molecular weight excluding hydrogens is 1020 g/mol. The van der Waals surface area contributed by atoms with Gasteiger partial charge in [-0.1, -0.05) is 50.9 Å². The van der Waals surface area contributed by atoms with Crippen molar-refractivity contribution >= 4 is 82.8 Å². The van der Waals surface area contributed by atoms with Crippen LogP contribution in [-0.2, 0) is 68.2 Å². The van der Waals surface area contributed by atoms with Gasteiger partial charge in [-0.25, -0.2) is 38.4 Å². The summed E-state index contributed by atoms with van der Waals surface area (Å²) in [5.41, 5.74) is 2.76. The number of esters is 4. The van der Waals surface area contributed by atoms with Crippen LogP contribution < -0.4 is 26.6 Å². The van der Waals surface area contributed by atoms with Crippen molar-refractivity contribution in [2.45, 2.75) is 100 Å². The second-order valence-corrected chi connectivity index (χ2v) is 18.5. The number of aryl methyl sites for hydroxylation is 3. The van der Waals surface area contributed by atoms with E-state index in [4.69, 9.17) is 42.6 Å². The molecule has 5 amide bonds. The molecular formula is C55H69N5O18. The van der Waals surface area contributed by atoms with Gasteiger partial charge in [0.1, 0.15) is 58.0 Å². The van der Waals surface area contributed by atoms with Gasteiger partial charge in [0.15, 0.2) is 0 Å². The lowest BCUT2D eigenvalue weighted by atomic mass is 9.88. The molecule has 0 aliphatic heterocycles. The molecule has 0 aromatic heterocycles. The fourth-order valence-electron chi connectivity index (χ4n) is 6.23. The van der Waals surface area contributed by atoms with Crippen LogP contribution in [0, 0.1) is 26.2 Å². The number of hydrogen-bond acceptors (Lipinski definition) is 18. The normalized spacial score (nSPS) is 12.4. The maximum atomic E-state index is 13.5. The average molecular weight is 1090 g/mol. The Hall–Kier alpha value is -8.89. The third-order valence-electron chi connectivity index (χ3n) is 11.0. The molecule has 0 saturated heterocycles. The Morgan fingerprint density at radius 1 is 0.462 bits per heavy atom. The van der Waals surface area contributed by atoms with Crippen LogP contribution in [0.2, 0.25) is 0 Å². The van der Waals surface area contributed by atoms with Crippen LogP contribution in [0.5, 0.6) is 0 Å². The zero-order valence-electron chi connectivity index (χ0n) is 45.6. The van der Waals surface area contributed by atoms with Gasteiger partial charge in [0.05, 0.1) is 11.8 Å². The van der Waals surface area contributed by atoms with E-state index >= 15 is 0 Å². The third kappa shape index (κ3) is 22.5. The minimum atomic E-state index is -1.35. The van der Waals surface area contributed by atoms with Crippen molar-refractivity contribution in [3.05, 3.63) is 113 Å². The van der Waals surface area contributed by atoms with Gasteiger partial charge in [-0.2, -0.15) is 0 Å². The predicted molar refractivity (Wildman–Crippen MR) is 287 cm³/mol. The molecule has 0 aliphatic rings. The summed E-state index contributed by atoms with van der Waals surface area (Å²) < 4.78 is 48.1. The van der Waals surface area contributed by atoms with E-state index in [0.29, 0.717) is 27.9 Å². The van der Waals surface area contributed by atoms with Crippen molar-refractivity contribution in [2.24, 2.45) is 5.41 Å². The molecule has 3 unspecified atom stereocenters. The summed E-state index contributed by atoms with van der Waals surface area (Å²) in [7, 11) is 0. The highest BCUT2D eigenvalue weighted by atomic mass is 16.6. The molecule has 78 heavy (non-hydrogen) atoms. The molecule has 0 radical (unpaired) electrons. The molecule has 3 atom stereocenters. The lowest BCUT2D eigenvalue weighted by Gasteiger charge is -2.31. The molecule has 23 heteroatoms. The quantitative estimate of drug-likeness (QED) is 0.0284. The van der Waals surface area contributed by atoms with Gasteiger partial charge in [0.25, 0.3) is 0 Å². The highest BCUT2D eigenvalue weighted by Gasteiger charge is 2.35. The van der Waals surface area contributed by atoms with E-state index in [-0.39, 0.29) is 72.1 Å². The molecule has 3 rings (SSSR count). The van der Waals surface area contributed by atoms with Crippen molar-refractivity contribution < 1.29 is 85.8 Å². The largest absolute Gasteiger partial charge is 0.465 e. The first kappa shape index (κ1) is 63.4. The zero-order chi connectivity index (χ0) is 58.3. The molecule has 3 aromatic carbocycles. The zero-order valence-corrected chi connectivity index (χ0v) is 45.6. The Morgan fingerprint density at radius 3 is 1.14 bits per heavy atom. The molecule has 422 valence electrons. The lowest BCUT2D eigenvalue weighted by Crippen LogP contribution is -2.40. The Kier molecular flexibility index (Phi) is 24.9. The first-order valence-corrected chi connectivity index (χ1v) is 24.4. The van der Waals surface area contributed by atoms with Crippen molar-refractivity contribution in [3.63, 3.8) is 0 Å². The van der Waals surface area contributed by atoms with Crippen molar-refractivity contribution in [1.82, 2.24) is 0 Å². The molecule has 0 bridgehead atoms. The van der Waals surface area contributed by atoms with Gasteiger partial charge in [0.2, 0.25) is 0 Å². The number of ether oxygens (including phenoxy) is 9. The van der Waals surface area contributed by atoms with Crippen LogP contribution in [0.4, 0.5) is 52.4 Å². The van der Waals surface area contributed by atoms with E-state index < -0.39 is 97.9 Å². The number of rotatable bonds is 26. The summed E-state index contributed by atoms with van der Waals surface area (Å²) in [5, 5.41) is 13.0. The van der Waals surface area contributed by atoms with Crippen molar-refractivity contribution in [3.8, 4) is 0 Å². The maximum Gasteiger partial charge on any atom is 0.412 e. The summed E-state index contributed by atoms with van der Waals surface area (Å²) in [6.07, 6.45) is -7.05. The van der Waals surface area contributed by atoms with Gasteiger partial charge in [0, 0.05) is 45.2 Å². The van der Waals surface area contributed by atoms with E-state index in [9.17, 15) is 43.2 Å². The molecule has 0 heterocycles. The fourth-order valence-corrected chi connectivity index (χ4v) is 6.23. The molecule has 3 aromatic rings. The number of carbonyl (C=O) groups is 9. The number of hydrogen-bond donors (Lipinski definition) is 5. The minimum absolute atomic E-state index is 0.128. The molecule has 0 spiro atoms. The van der Waals surface area contributed by atoms with E-state index in [1.807, 2.05) is 0 Å². The van der Waals surface area contributed by atoms with Crippen LogP contribution in [0.3, 0.4) is 0 Å². The fraction of sp³-hybridized carbons (Fsp3) is 0.400. The number of nitrogens with one attached hydrogen (secondary N) is 5. The molecule has 0 aliphatic carbocycles. The summed E-state index contributed by atoms with van der Waals surface area (Å²) in [6.45, 7) is 24.4. The molecule has 0 fully saturated rings. The summed E-state index contributed by atoms with van der Waals surface area (Å²) in [4.78, 5) is 114. The van der Waals surface area contributed by atoms with E-state index in [0.717, 1.165) is 0 Å². The maximum absolute atomic E-state index is 13.5. The van der Waals surface area contributed by atoms with Gasteiger partial charge in [-0.3, -0.25) is 31.4 Å². The van der Waals surface area contributed by atoms with Crippen molar-refractivity contribution in [1.29, 1.82) is 0 Å². The Labute approximate surface area is 452 Å². The Bertz CT molecular complexity index is 2450. The minimum Gasteiger partial charge on any atom is -0.465 e. The summed E-state index contributed by atoms with van der Waals surface area (Å²) >= 11 is 0. The topological polar surface area (TPSA) is 297 Å². The smallest absolute Gasteiger partial charge is 0.412 e. The van der Waals surface area contributed by atoms with Crippen molar-refractivity contribution in [2.75, 3.05) is 66.2 Å². The Morgan fingerprint density at radius 2 is 0.795 bits per heavy atom. The number of amides is 5. The highest BCUT2D eigenvalue weighted by Crippen LogP contribution is 2.28. The SMILES string of the molecule is C=C(C)C(=O)OCC(C)OC(=O)Nc1cc(CC(=O)OCC(CC)(COC(=O)Nc2ccc(C)c(NC(=O)OC(C)COC(=O)C(=C)C)c2)COC(=O)Nc2ccc(C)c(NC(=O)OC(C)COC(=O)C(=C)C)c2)ccc1C. The molecule has 0 saturated carbocycles. The van der Waals surface area contributed by atoms with Crippen LogP contribution in [0.15, 0.2) is 91.1 Å². The number of benzene rings is 3.